The zero-order valence-corrected chi connectivity index (χ0v) is 9.79. The van der Waals surface area contributed by atoms with Crippen molar-refractivity contribution in [3.63, 3.8) is 0 Å². The van der Waals surface area contributed by atoms with Crippen LogP contribution >= 0.6 is 0 Å². The lowest BCUT2D eigenvalue weighted by molar-refractivity contribution is -0.117. The van der Waals surface area contributed by atoms with Crippen molar-refractivity contribution in [2.45, 2.75) is 39.9 Å². The molecule has 2 aliphatic rings. The van der Waals surface area contributed by atoms with E-state index in [-0.39, 0.29) is 6.29 Å². The van der Waals surface area contributed by atoms with Crippen LogP contribution in [0.3, 0.4) is 0 Å². The van der Waals surface area contributed by atoms with Crippen molar-refractivity contribution in [3.05, 3.63) is 0 Å². The summed E-state index contributed by atoms with van der Waals surface area (Å²) in [5.74, 6) is 1.41. The van der Waals surface area contributed by atoms with Crippen molar-refractivity contribution >= 4 is 5.78 Å². The van der Waals surface area contributed by atoms with E-state index in [0.717, 1.165) is 19.6 Å². The molecule has 0 aromatic heterocycles. The summed E-state index contributed by atoms with van der Waals surface area (Å²) >= 11 is 0. The van der Waals surface area contributed by atoms with E-state index in [2.05, 4.69) is 13.8 Å². The standard InChI is InChI=1S/C12H20O3/c1-8(13)6-9-10(12(9,2)3)7-11-14-4-5-15-11/h9-11H,4-7H2,1-3H3. The third-order valence-corrected chi connectivity index (χ3v) is 3.93. The molecular weight excluding hydrogens is 192 g/mol. The second-order valence-electron chi connectivity index (χ2n) is 5.35. The Bertz CT molecular complexity index is 254. The number of carbonyl (C=O) groups excluding carboxylic acids is 1. The van der Waals surface area contributed by atoms with Crippen LogP contribution in [-0.4, -0.2) is 25.3 Å². The highest BCUT2D eigenvalue weighted by Crippen LogP contribution is 2.62. The number of ketones is 1. The summed E-state index contributed by atoms with van der Waals surface area (Å²) in [5, 5.41) is 0. The van der Waals surface area contributed by atoms with Gasteiger partial charge in [-0.25, -0.2) is 0 Å². The molecule has 0 aromatic rings. The Kier molecular flexibility index (Phi) is 2.86. The number of hydrogen-bond acceptors (Lipinski definition) is 3. The largest absolute Gasteiger partial charge is 0.350 e. The molecule has 0 bridgehead atoms. The highest BCUT2D eigenvalue weighted by atomic mass is 16.7. The van der Waals surface area contributed by atoms with E-state index in [1.807, 2.05) is 0 Å². The van der Waals surface area contributed by atoms with E-state index in [1.54, 1.807) is 6.92 Å². The molecule has 1 aliphatic carbocycles. The zero-order chi connectivity index (χ0) is 11.1. The van der Waals surface area contributed by atoms with Crippen molar-refractivity contribution in [2.24, 2.45) is 17.3 Å². The summed E-state index contributed by atoms with van der Waals surface area (Å²) in [6.45, 7) is 7.58. The molecule has 1 aliphatic heterocycles. The summed E-state index contributed by atoms with van der Waals surface area (Å²) in [4.78, 5) is 11.1. The van der Waals surface area contributed by atoms with Crippen LogP contribution in [0, 0.1) is 17.3 Å². The molecular formula is C12H20O3. The van der Waals surface area contributed by atoms with Crippen LogP contribution in [0.15, 0.2) is 0 Å². The van der Waals surface area contributed by atoms with Crippen LogP contribution in [0.25, 0.3) is 0 Å². The van der Waals surface area contributed by atoms with Crippen LogP contribution < -0.4 is 0 Å². The number of Topliss-reactive ketones (excluding diaryl/α,β-unsaturated/α-hetero) is 1. The van der Waals surface area contributed by atoms with E-state index in [1.165, 1.54) is 0 Å². The molecule has 1 saturated carbocycles. The van der Waals surface area contributed by atoms with E-state index in [0.29, 0.717) is 29.5 Å². The maximum atomic E-state index is 11.1. The number of ether oxygens (including phenoxy) is 2. The average Bonchev–Trinajstić information content (AvgIpc) is 2.58. The second kappa shape index (κ2) is 3.87. The molecule has 2 rings (SSSR count). The predicted octanol–water partition coefficient (Wildman–Crippen LogP) is 2.00. The monoisotopic (exact) mass is 212 g/mol. The van der Waals surface area contributed by atoms with Gasteiger partial charge in [0.25, 0.3) is 0 Å². The van der Waals surface area contributed by atoms with Gasteiger partial charge < -0.3 is 14.3 Å². The van der Waals surface area contributed by atoms with Crippen LogP contribution in [0.2, 0.25) is 0 Å². The molecule has 2 unspecified atom stereocenters. The Morgan fingerprint density at radius 3 is 2.40 bits per heavy atom. The highest BCUT2D eigenvalue weighted by Gasteiger charge is 2.58. The molecule has 1 heterocycles. The lowest BCUT2D eigenvalue weighted by Crippen LogP contribution is -2.10. The molecule has 15 heavy (non-hydrogen) atoms. The van der Waals surface area contributed by atoms with Gasteiger partial charge in [0.15, 0.2) is 6.29 Å². The van der Waals surface area contributed by atoms with Crippen molar-refractivity contribution in [2.75, 3.05) is 13.2 Å². The van der Waals surface area contributed by atoms with E-state index < -0.39 is 0 Å². The van der Waals surface area contributed by atoms with E-state index in [4.69, 9.17) is 9.47 Å². The Morgan fingerprint density at radius 2 is 1.87 bits per heavy atom. The lowest BCUT2D eigenvalue weighted by atomic mass is 10.1. The normalized spacial score (nSPS) is 34.3. The Morgan fingerprint density at radius 1 is 1.27 bits per heavy atom. The van der Waals surface area contributed by atoms with Gasteiger partial charge in [-0.1, -0.05) is 13.8 Å². The van der Waals surface area contributed by atoms with Crippen molar-refractivity contribution in [1.29, 1.82) is 0 Å². The second-order valence-corrected chi connectivity index (χ2v) is 5.35. The molecule has 86 valence electrons. The number of hydrogen-bond donors (Lipinski definition) is 0. The van der Waals surface area contributed by atoms with Crippen LogP contribution in [0.1, 0.15) is 33.6 Å². The summed E-state index contributed by atoms with van der Waals surface area (Å²) in [7, 11) is 0. The fraction of sp³-hybridized carbons (Fsp3) is 0.917. The third-order valence-electron chi connectivity index (χ3n) is 3.93. The third kappa shape index (κ3) is 2.23. The SMILES string of the molecule is CC(=O)CC1C(CC2OCCO2)C1(C)C. The molecule has 1 saturated heterocycles. The fourth-order valence-electron chi connectivity index (χ4n) is 2.79. The molecule has 0 radical (unpaired) electrons. The summed E-state index contributed by atoms with van der Waals surface area (Å²) in [5.41, 5.74) is 0.293. The number of carbonyl (C=O) groups is 1. The van der Waals surface area contributed by atoms with Crippen LogP contribution in [-0.2, 0) is 14.3 Å². The summed E-state index contributed by atoms with van der Waals surface area (Å²) < 4.78 is 10.9. The molecule has 0 spiro atoms. The zero-order valence-electron chi connectivity index (χ0n) is 9.79. The quantitative estimate of drug-likeness (QED) is 0.715. The van der Waals surface area contributed by atoms with Crippen molar-refractivity contribution in [1.82, 2.24) is 0 Å². The van der Waals surface area contributed by atoms with Gasteiger partial charge in [0.1, 0.15) is 5.78 Å². The average molecular weight is 212 g/mol. The number of rotatable bonds is 4. The molecule has 2 fully saturated rings. The first-order valence-corrected chi connectivity index (χ1v) is 5.74. The molecule has 0 aromatic carbocycles. The van der Waals surface area contributed by atoms with Gasteiger partial charge in [-0.2, -0.15) is 0 Å². The minimum absolute atomic E-state index is 0.0220. The van der Waals surface area contributed by atoms with E-state index >= 15 is 0 Å². The predicted molar refractivity (Wildman–Crippen MR) is 56.4 cm³/mol. The first kappa shape index (κ1) is 11.1. The summed E-state index contributed by atoms with van der Waals surface area (Å²) in [6.07, 6.45) is 1.64. The highest BCUT2D eigenvalue weighted by molar-refractivity contribution is 5.76. The Labute approximate surface area is 91.1 Å². The molecule has 0 N–H and O–H groups in total. The molecule has 2 atom stereocenters. The van der Waals surface area contributed by atoms with Gasteiger partial charge in [-0.15, -0.1) is 0 Å². The van der Waals surface area contributed by atoms with Gasteiger partial charge in [-0.05, 0) is 24.2 Å². The molecule has 3 nitrogen and oxygen atoms in total. The van der Waals surface area contributed by atoms with Crippen molar-refractivity contribution < 1.29 is 14.3 Å². The minimum atomic E-state index is -0.0220. The van der Waals surface area contributed by atoms with Gasteiger partial charge in [0.05, 0.1) is 13.2 Å². The summed E-state index contributed by atoms with van der Waals surface area (Å²) in [6, 6.07) is 0. The van der Waals surface area contributed by atoms with Gasteiger partial charge in [0, 0.05) is 12.8 Å². The molecule has 0 amide bonds. The maximum absolute atomic E-state index is 11.1. The first-order chi connectivity index (χ1) is 7.01. The first-order valence-electron chi connectivity index (χ1n) is 5.74. The fourth-order valence-corrected chi connectivity index (χ4v) is 2.79. The molecule has 3 heteroatoms. The minimum Gasteiger partial charge on any atom is -0.350 e. The van der Waals surface area contributed by atoms with Gasteiger partial charge >= 0.3 is 0 Å². The van der Waals surface area contributed by atoms with Crippen LogP contribution in [0.5, 0.6) is 0 Å². The lowest BCUT2D eigenvalue weighted by Gasteiger charge is -2.09. The van der Waals surface area contributed by atoms with Crippen molar-refractivity contribution in [3.8, 4) is 0 Å². The Balaban J connectivity index is 1.85. The maximum Gasteiger partial charge on any atom is 0.158 e. The van der Waals surface area contributed by atoms with E-state index in [9.17, 15) is 4.79 Å². The topological polar surface area (TPSA) is 35.5 Å². The smallest absolute Gasteiger partial charge is 0.158 e. The van der Waals surface area contributed by atoms with Gasteiger partial charge in [-0.3, -0.25) is 0 Å². The van der Waals surface area contributed by atoms with Gasteiger partial charge in [0.2, 0.25) is 0 Å². The van der Waals surface area contributed by atoms with Crippen LogP contribution in [0.4, 0.5) is 0 Å². The Hall–Kier alpha value is -0.410.